The Morgan fingerprint density at radius 1 is 1.14 bits per heavy atom. The van der Waals surface area contributed by atoms with Crippen LogP contribution in [0.1, 0.15) is 15.9 Å². The van der Waals surface area contributed by atoms with Gasteiger partial charge in [-0.15, -0.1) is 0 Å². The van der Waals surface area contributed by atoms with E-state index in [0.29, 0.717) is 16.8 Å². The normalized spacial score (nSPS) is 20.0. The maximum Gasteiger partial charge on any atom is 0.238 e. The van der Waals surface area contributed by atoms with Crippen molar-refractivity contribution in [3.8, 4) is 0 Å². The Hall–Kier alpha value is -2.76. The molecular weight excluding hydrogens is 275 g/mol. The van der Waals surface area contributed by atoms with E-state index in [1.54, 1.807) is 24.3 Å². The van der Waals surface area contributed by atoms with Crippen LogP contribution < -0.4 is 5.32 Å². The SMILES string of the molecule is O=C1c2ccccc2N[C@]1(C[N+](=O)[O-])c1ccc(F)cc1. The van der Waals surface area contributed by atoms with E-state index in [-0.39, 0.29) is 5.78 Å². The van der Waals surface area contributed by atoms with Crippen LogP contribution in [0.5, 0.6) is 0 Å². The van der Waals surface area contributed by atoms with Crippen molar-refractivity contribution in [1.82, 2.24) is 0 Å². The Labute approximate surface area is 119 Å². The lowest BCUT2D eigenvalue weighted by molar-refractivity contribution is -0.486. The summed E-state index contributed by atoms with van der Waals surface area (Å²) >= 11 is 0. The second-order valence-corrected chi connectivity index (χ2v) is 4.90. The fourth-order valence-corrected chi connectivity index (χ4v) is 2.64. The molecule has 0 aliphatic carbocycles. The fraction of sp³-hybridized carbons (Fsp3) is 0.133. The third-order valence-electron chi connectivity index (χ3n) is 3.61. The molecule has 0 unspecified atom stereocenters. The van der Waals surface area contributed by atoms with Crippen molar-refractivity contribution in [2.45, 2.75) is 5.54 Å². The van der Waals surface area contributed by atoms with Gasteiger partial charge >= 0.3 is 0 Å². The average molecular weight is 286 g/mol. The van der Waals surface area contributed by atoms with E-state index < -0.39 is 22.8 Å². The molecule has 1 aliphatic rings. The molecule has 21 heavy (non-hydrogen) atoms. The number of para-hydroxylation sites is 1. The number of nitrogens with zero attached hydrogens (tertiary/aromatic N) is 1. The number of nitro groups is 1. The molecule has 1 N–H and O–H groups in total. The number of halogens is 1. The van der Waals surface area contributed by atoms with Crippen molar-refractivity contribution in [2.75, 3.05) is 11.9 Å². The lowest BCUT2D eigenvalue weighted by Gasteiger charge is -2.24. The van der Waals surface area contributed by atoms with Crippen LogP contribution in [0.2, 0.25) is 0 Å². The van der Waals surface area contributed by atoms with E-state index >= 15 is 0 Å². The second-order valence-electron chi connectivity index (χ2n) is 4.90. The second kappa shape index (κ2) is 4.66. The third-order valence-corrected chi connectivity index (χ3v) is 3.61. The first-order chi connectivity index (χ1) is 10.0. The molecule has 6 heteroatoms. The fourth-order valence-electron chi connectivity index (χ4n) is 2.64. The first-order valence-electron chi connectivity index (χ1n) is 6.33. The molecule has 0 fully saturated rings. The number of hydrogen-bond donors (Lipinski definition) is 1. The third kappa shape index (κ3) is 2.05. The van der Waals surface area contributed by atoms with E-state index in [1.165, 1.54) is 24.3 Å². The van der Waals surface area contributed by atoms with E-state index in [4.69, 9.17) is 0 Å². The highest BCUT2D eigenvalue weighted by atomic mass is 19.1. The number of rotatable bonds is 3. The van der Waals surface area contributed by atoms with Crippen LogP contribution in [0, 0.1) is 15.9 Å². The van der Waals surface area contributed by atoms with Crippen molar-refractivity contribution >= 4 is 11.5 Å². The van der Waals surface area contributed by atoms with Gasteiger partial charge in [0.25, 0.3) is 0 Å². The van der Waals surface area contributed by atoms with Gasteiger partial charge in [0.05, 0.1) is 0 Å². The Morgan fingerprint density at radius 3 is 2.43 bits per heavy atom. The van der Waals surface area contributed by atoms with Crippen LogP contribution >= 0.6 is 0 Å². The summed E-state index contributed by atoms with van der Waals surface area (Å²) in [6.07, 6.45) is 0. The van der Waals surface area contributed by atoms with Gasteiger partial charge in [0.2, 0.25) is 12.3 Å². The molecule has 5 nitrogen and oxygen atoms in total. The number of benzene rings is 2. The number of carbonyl (C=O) groups excluding carboxylic acids is 1. The molecule has 0 amide bonds. The zero-order chi connectivity index (χ0) is 15.0. The molecule has 3 rings (SSSR count). The lowest BCUT2D eigenvalue weighted by Crippen LogP contribution is -2.45. The average Bonchev–Trinajstić information content (AvgIpc) is 2.73. The Bertz CT molecular complexity index is 730. The molecule has 0 bridgehead atoms. The Balaban J connectivity index is 2.14. The van der Waals surface area contributed by atoms with Gasteiger partial charge in [-0.3, -0.25) is 14.9 Å². The molecule has 2 aromatic carbocycles. The number of nitrogens with one attached hydrogen (secondary N) is 1. The number of fused-ring (bicyclic) bond motifs is 1. The van der Waals surface area contributed by atoms with Crippen LogP contribution in [-0.2, 0) is 5.54 Å². The van der Waals surface area contributed by atoms with Gasteiger partial charge in [-0.2, -0.15) is 0 Å². The maximum absolute atomic E-state index is 13.1. The van der Waals surface area contributed by atoms with Crippen LogP contribution in [0.3, 0.4) is 0 Å². The highest BCUT2D eigenvalue weighted by Crippen LogP contribution is 2.39. The molecule has 1 heterocycles. The molecular formula is C15H11FN2O3. The zero-order valence-electron chi connectivity index (χ0n) is 10.9. The molecule has 0 saturated carbocycles. The van der Waals surface area contributed by atoms with E-state index in [1.807, 2.05) is 0 Å². The lowest BCUT2D eigenvalue weighted by atomic mass is 9.86. The van der Waals surface area contributed by atoms with Crippen molar-refractivity contribution in [3.05, 3.63) is 75.6 Å². The van der Waals surface area contributed by atoms with E-state index in [9.17, 15) is 19.3 Å². The van der Waals surface area contributed by atoms with Gasteiger partial charge in [0.15, 0.2) is 5.54 Å². The van der Waals surface area contributed by atoms with Gasteiger partial charge in [0.1, 0.15) is 5.82 Å². The zero-order valence-corrected chi connectivity index (χ0v) is 10.9. The van der Waals surface area contributed by atoms with Gasteiger partial charge in [0, 0.05) is 16.2 Å². The summed E-state index contributed by atoms with van der Waals surface area (Å²) in [6, 6.07) is 11.9. The maximum atomic E-state index is 13.1. The van der Waals surface area contributed by atoms with Crippen LogP contribution in [0.4, 0.5) is 10.1 Å². The van der Waals surface area contributed by atoms with Crippen LogP contribution in [-0.4, -0.2) is 17.3 Å². The van der Waals surface area contributed by atoms with Crippen molar-refractivity contribution in [2.24, 2.45) is 0 Å². The molecule has 0 radical (unpaired) electrons. The summed E-state index contributed by atoms with van der Waals surface area (Å²) in [6.45, 7) is -0.605. The van der Waals surface area contributed by atoms with Gasteiger partial charge in [-0.05, 0) is 29.8 Å². The monoisotopic (exact) mass is 286 g/mol. The number of hydrogen-bond acceptors (Lipinski definition) is 4. The number of carbonyl (C=O) groups is 1. The van der Waals surface area contributed by atoms with Crippen molar-refractivity contribution < 1.29 is 14.1 Å². The highest BCUT2D eigenvalue weighted by Gasteiger charge is 2.50. The highest BCUT2D eigenvalue weighted by molar-refractivity contribution is 6.13. The summed E-state index contributed by atoms with van der Waals surface area (Å²) in [5.41, 5.74) is -0.153. The van der Waals surface area contributed by atoms with Gasteiger partial charge in [-0.25, -0.2) is 4.39 Å². The quantitative estimate of drug-likeness (QED) is 0.695. The number of anilines is 1. The largest absolute Gasteiger partial charge is 0.363 e. The van der Waals surface area contributed by atoms with E-state index in [2.05, 4.69) is 5.32 Å². The smallest absolute Gasteiger partial charge is 0.238 e. The van der Waals surface area contributed by atoms with Crippen molar-refractivity contribution in [1.29, 1.82) is 0 Å². The first kappa shape index (κ1) is 13.2. The minimum Gasteiger partial charge on any atom is -0.363 e. The van der Waals surface area contributed by atoms with E-state index in [0.717, 1.165) is 0 Å². The molecule has 0 saturated heterocycles. The molecule has 0 aromatic heterocycles. The van der Waals surface area contributed by atoms with Gasteiger partial charge in [-0.1, -0.05) is 24.3 Å². The standard InChI is InChI=1S/C15H11FN2O3/c16-11-7-5-10(6-8-11)15(9-18(20)21)14(19)12-3-1-2-4-13(12)17-15/h1-8,17H,9H2/t15-/m1/s1. The summed E-state index contributed by atoms with van der Waals surface area (Å²) in [5.74, 6) is -0.834. The molecule has 0 spiro atoms. The summed E-state index contributed by atoms with van der Waals surface area (Å²) in [4.78, 5) is 23.2. The molecule has 1 aliphatic heterocycles. The summed E-state index contributed by atoms with van der Waals surface area (Å²) in [7, 11) is 0. The van der Waals surface area contributed by atoms with Crippen LogP contribution in [0.15, 0.2) is 48.5 Å². The predicted octanol–water partition coefficient (Wildman–Crippen LogP) is 2.61. The van der Waals surface area contributed by atoms with Gasteiger partial charge < -0.3 is 5.32 Å². The topological polar surface area (TPSA) is 72.2 Å². The summed E-state index contributed by atoms with van der Waals surface area (Å²) < 4.78 is 13.1. The minimum absolute atomic E-state index is 0.374. The molecule has 1 atom stereocenters. The Morgan fingerprint density at radius 2 is 1.81 bits per heavy atom. The predicted molar refractivity (Wildman–Crippen MR) is 74.3 cm³/mol. The molecule has 2 aromatic rings. The first-order valence-corrected chi connectivity index (χ1v) is 6.33. The molecule has 106 valence electrons. The number of Topliss-reactive ketones (excluding diaryl/α,β-unsaturated/α-hetero) is 1. The number of ketones is 1. The van der Waals surface area contributed by atoms with Crippen molar-refractivity contribution in [3.63, 3.8) is 0 Å². The van der Waals surface area contributed by atoms with Crippen LogP contribution in [0.25, 0.3) is 0 Å². The Kier molecular flexibility index (Phi) is 2.94. The minimum atomic E-state index is -1.49. The summed E-state index contributed by atoms with van der Waals surface area (Å²) in [5, 5.41) is 14.0.